The van der Waals surface area contributed by atoms with Crippen LogP contribution in [0.3, 0.4) is 0 Å². The topological polar surface area (TPSA) is 63.2 Å². The van der Waals surface area contributed by atoms with Gasteiger partial charge in [0.2, 0.25) is 5.91 Å². The summed E-state index contributed by atoms with van der Waals surface area (Å²) < 4.78 is 7.92. The second kappa shape index (κ2) is 10.6. The SMILES string of the molecule is COc1ccc(/C=C/C(=O)NC(=S)Nc2c(Br)cc(Br)cc2-c2nc3ccccc3s2)cc1. The van der Waals surface area contributed by atoms with E-state index >= 15 is 0 Å². The number of fused-ring (bicyclic) bond motifs is 1. The van der Waals surface area contributed by atoms with E-state index < -0.39 is 0 Å². The molecule has 0 aliphatic rings. The third-order valence-corrected chi connectivity index (χ3v) is 6.95. The average Bonchev–Trinajstić information content (AvgIpc) is 3.24. The van der Waals surface area contributed by atoms with Crippen molar-refractivity contribution in [2.45, 2.75) is 0 Å². The van der Waals surface area contributed by atoms with E-state index in [-0.39, 0.29) is 11.0 Å². The molecule has 0 radical (unpaired) electrons. The zero-order chi connectivity index (χ0) is 23.4. The highest BCUT2D eigenvalue weighted by atomic mass is 79.9. The highest BCUT2D eigenvalue weighted by Crippen LogP contribution is 2.40. The van der Waals surface area contributed by atoms with Gasteiger partial charge in [0.1, 0.15) is 10.8 Å². The number of benzene rings is 3. The second-order valence-corrected chi connectivity index (χ2v) is 10.1. The summed E-state index contributed by atoms with van der Waals surface area (Å²) in [6.45, 7) is 0. The van der Waals surface area contributed by atoms with Gasteiger partial charge >= 0.3 is 0 Å². The summed E-state index contributed by atoms with van der Waals surface area (Å²) in [6.07, 6.45) is 3.14. The first-order valence-corrected chi connectivity index (χ1v) is 12.5. The molecule has 33 heavy (non-hydrogen) atoms. The van der Waals surface area contributed by atoms with E-state index in [1.165, 1.54) is 6.08 Å². The fraction of sp³-hybridized carbons (Fsp3) is 0.0417. The summed E-state index contributed by atoms with van der Waals surface area (Å²) in [6, 6.07) is 19.2. The zero-order valence-electron chi connectivity index (χ0n) is 17.3. The first kappa shape index (κ1) is 23.6. The van der Waals surface area contributed by atoms with Crippen LogP contribution in [0.5, 0.6) is 5.75 Å². The summed E-state index contributed by atoms with van der Waals surface area (Å²) in [7, 11) is 1.61. The van der Waals surface area contributed by atoms with E-state index in [1.807, 2.05) is 60.7 Å². The fourth-order valence-corrected chi connectivity index (χ4v) is 5.56. The number of hydrogen-bond acceptors (Lipinski definition) is 5. The maximum atomic E-state index is 12.4. The molecule has 1 amide bonds. The molecule has 0 bridgehead atoms. The Kier molecular flexibility index (Phi) is 7.54. The quantitative estimate of drug-likeness (QED) is 0.190. The van der Waals surface area contributed by atoms with Gasteiger partial charge in [-0.25, -0.2) is 4.98 Å². The Morgan fingerprint density at radius 3 is 2.61 bits per heavy atom. The minimum atomic E-state index is -0.335. The smallest absolute Gasteiger partial charge is 0.250 e. The first-order valence-electron chi connectivity index (χ1n) is 9.72. The molecule has 4 rings (SSSR count). The van der Waals surface area contributed by atoms with Gasteiger partial charge in [-0.2, -0.15) is 0 Å². The molecule has 0 fully saturated rings. The third-order valence-electron chi connectivity index (χ3n) is 4.60. The lowest BCUT2D eigenvalue weighted by Gasteiger charge is -2.14. The van der Waals surface area contributed by atoms with Gasteiger partial charge < -0.3 is 10.1 Å². The van der Waals surface area contributed by atoms with Crippen molar-refractivity contribution in [3.8, 4) is 16.3 Å². The van der Waals surface area contributed by atoms with Crippen molar-refractivity contribution in [2.24, 2.45) is 0 Å². The number of amides is 1. The number of carbonyl (C=O) groups excluding carboxylic acids is 1. The Morgan fingerprint density at radius 2 is 1.88 bits per heavy atom. The molecule has 0 spiro atoms. The number of para-hydroxylation sites is 1. The predicted molar refractivity (Wildman–Crippen MR) is 147 cm³/mol. The van der Waals surface area contributed by atoms with Gasteiger partial charge in [-0.3, -0.25) is 10.1 Å². The molecule has 9 heteroatoms. The Morgan fingerprint density at radius 1 is 1.12 bits per heavy atom. The molecule has 0 aliphatic heterocycles. The number of rotatable bonds is 5. The van der Waals surface area contributed by atoms with Gasteiger partial charge in [-0.05, 0) is 76.2 Å². The third kappa shape index (κ3) is 5.86. The summed E-state index contributed by atoms with van der Waals surface area (Å²) in [5, 5.41) is 6.86. The molecular formula is C24H17Br2N3O2S2. The molecule has 0 saturated heterocycles. The van der Waals surface area contributed by atoms with Crippen molar-refractivity contribution in [1.82, 2.24) is 10.3 Å². The van der Waals surface area contributed by atoms with Crippen LogP contribution in [0, 0.1) is 0 Å². The number of thiocarbonyl (C=S) groups is 1. The van der Waals surface area contributed by atoms with Crippen molar-refractivity contribution in [1.29, 1.82) is 0 Å². The van der Waals surface area contributed by atoms with Crippen LogP contribution in [0.15, 0.2) is 75.7 Å². The van der Waals surface area contributed by atoms with Crippen molar-refractivity contribution < 1.29 is 9.53 Å². The van der Waals surface area contributed by atoms with E-state index in [9.17, 15) is 4.79 Å². The van der Waals surface area contributed by atoms with Gasteiger partial charge in [0, 0.05) is 20.6 Å². The van der Waals surface area contributed by atoms with E-state index in [0.29, 0.717) is 0 Å². The number of carbonyl (C=O) groups is 1. The highest BCUT2D eigenvalue weighted by Gasteiger charge is 2.16. The zero-order valence-corrected chi connectivity index (χ0v) is 22.1. The van der Waals surface area contributed by atoms with Crippen LogP contribution in [0.25, 0.3) is 26.9 Å². The maximum absolute atomic E-state index is 12.4. The number of methoxy groups -OCH3 is 1. The lowest BCUT2D eigenvalue weighted by atomic mass is 10.2. The Balaban J connectivity index is 1.51. The van der Waals surface area contributed by atoms with Crippen LogP contribution in [0.4, 0.5) is 5.69 Å². The van der Waals surface area contributed by atoms with Gasteiger partial charge in [0.15, 0.2) is 5.11 Å². The second-order valence-electron chi connectivity index (χ2n) is 6.85. The summed E-state index contributed by atoms with van der Waals surface area (Å²) >= 11 is 14.1. The Labute approximate surface area is 217 Å². The largest absolute Gasteiger partial charge is 0.497 e. The highest BCUT2D eigenvalue weighted by molar-refractivity contribution is 9.11. The van der Waals surface area contributed by atoms with Crippen LogP contribution in [0.2, 0.25) is 0 Å². The van der Waals surface area contributed by atoms with Crippen molar-refractivity contribution >= 4 is 88.4 Å². The van der Waals surface area contributed by atoms with Gasteiger partial charge in [-0.1, -0.05) is 40.2 Å². The number of ether oxygens (including phenoxy) is 1. The molecular weight excluding hydrogens is 586 g/mol. The van der Waals surface area contributed by atoms with Gasteiger partial charge in [-0.15, -0.1) is 11.3 Å². The van der Waals surface area contributed by atoms with Crippen molar-refractivity contribution in [2.75, 3.05) is 12.4 Å². The van der Waals surface area contributed by atoms with E-state index in [4.69, 9.17) is 21.9 Å². The molecule has 0 aliphatic carbocycles. The number of anilines is 1. The molecule has 4 aromatic rings. The molecule has 166 valence electrons. The first-order chi connectivity index (χ1) is 15.9. The summed E-state index contributed by atoms with van der Waals surface area (Å²) in [5.74, 6) is 0.420. The number of nitrogens with one attached hydrogen (secondary N) is 2. The molecule has 0 atom stereocenters. The summed E-state index contributed by atoms with van der Waals surface area (Å²) in [5.41, 5.74) is 3.39. The standard InChI is InChI=1S/C24H17Br2N3O2S2/c1-31-16-9-6-14(7-10-16)8-11-21(30)28-24(32)29-22-17(12-15(25)13-18(22)26)23-27-19-4-2-3-5-20(19)33-23/h2-13H,1H3,(H2,28,29,30,32)/b11-8+. The Bertz CT molecular complexity index is 1340. The number of nitrogens with zero attached hydrogens (tertiary/aromatic N) is 1. The normalized spacial score (nSPS) is 11.0. The van der Waals surface area contributed by atoms with Crippen LogP contribution in [-0.4, -0.2) is 23.1 Å². The molecule has 3 aromatic carbocycles. The number of hydrogen-bond donors (Lipinski definition) is 2. The number of halogens is 2. The Hall–Kier alpha value is -2.59. The number of aromatic nitrogens is 1. The van der Waals surface area contributed by atoms with E-state index in [0.717, 1.165) is 46.7 Å². The molecule has 1 aromatic heterocycles. The molecule has 0 unspecified atom stereocenters. The van der Waals surface area contributed by atoms with E-state index in [1.54, 1.807) is 24.5 Å². The van der Waals surface area contributed by atoms with Crippen LogP contribution < -0.4 is 15.4 Å². The fourth-order valence-electron chi connectivity index (χ4n) is 3.04. The minimum absolute atomic E-state index is 0.185. The maximum Gasteiger partial charge on any atom is 0.250 e. The van der Waals surface area contributed by atoms with Gasteiger partial charge in [0.25, 0.3) is 0 Å². The molecule has 0 saturated carbocycles. The van der Waals surface area contributed by atoms with Crippen LogP contribution in [-0.2, 0) is 4.79 Å². The average molecular weight is 603 g/mol. The van der Waals surface area contributed by atoms with Crippen LogP contribution >= 0.6 is 55.4 Å². The van der Waals surface area contributed by atoms with Gasteiger partial charge in [0.05, 0.1) is 23.0 Å². The lowest BCUT2D eigenvalue weighted by Crippen LogP contribution is -2.33. The minimum Gasteiger partial charge on any atom is -0.497 e. The monoisotopic (exact) mass is 601 g/mol. The molecule has 5 nitrogen and oxygen atoms in total. The molecule has 2 N–H and O–H groups in total. The van der Waals surface area contributed by atoms with Crippen molar-refractivity contribution in [3.05, 3.63) is 81.2 Å². The van der Waals surface area contributed by atoms with E-state index in [2.05, 4.69) is 42.5 Å². The summed E-state index contributed by atoms with van der Waals surface area (Å²) in [4.78, 5) is 17.1. The number of thiazole rings is 1. The lowest BCUT2D eigenvalue weighted by molar-refractivity contribution is -0.115. The van der Waals surface area contributed by atoms with Crippen LogP contribution in [0.1, 0.15) is 5.56 Å². The predicted octanol–water partition coefficient (Wildman–Crippen LogP) is 7.02. The molecule has 1 heterocycles. The van der Waals surface area contributed by atoms with Crippen molar-refractivity contribution in [3.63, 3.8) is 0 Å².